The first kappa shape index (κ1) is 15.5. The first-order valence-corrected chi connectivity index (χ1v) is 6.76. The summed E-state index contributed by atoms with van der Waals surface area (Å²) in [7, 11) is -0.623. The quantitative estimate of drug-likeness (QED) is 0.736. The normalized spacial score (nSPS) is 31.6. The lowest BCUT2D eigenvalue weighted by Gasteiger charge is -2.34. The minimum absolute atomic E-state index is 0.202. The summed E-state index contributed by atoms with van der Waals surface area (Å²) in [4.78, 5) is 0. The van der Waals surface area contributed by atoms with Crippen molar-refractivity contribution in [2.45, 2.75) is 64.2 Å². The van der Waals surface area contributed by atoms with Gasteiger partial charge in [0.2, 0.25) is 0 Å². The second kappa shape index (κ2) is 4.84. The molecule has 112 valence electrons. The smallest absolute Gasteiger partial charge is 0.439 e. The topological polar surface area (TPSA) is 27.7 Å². The van der Waals surface area contributed by atoms with Crippen LogP contribution in [-0.2, 0) is 14.0 Å². The molecule has 1 unspecified atom stereocenters. The van der Waals surface area contributed by atoms with Crippen LogP contribution in [0.1, 0.15) is 41.0 Å². The standard InChI is InChI=1S/C14H21BF2O3/c1-12(2)13(3,4)20-15(19-12)14(5)9-7-6-8-10(14)18-11(16)17/h6-8,11H,9H2,1-5H3. The minimum Gasteiger partial charge on any atom is -0.439 e. The number of halogens is 2. The second-order valence-corrected chi connectivity index (χ2v) is 6.55. The fourth-order valence-corrected chi connectivity index (χ4v) is 2.34. The van der Waals surface area contributed by atoms with Crippen molar-refractivity contribution >= 4 is 7.12 Å². The Morgan fingerprint density at radius 3 is 2.20 bits per heavy atom. The Kier molecular flexibility index (Phi) is 3.76. The molecule has 1 heterocycles. The van der Waals surface area contributed by atoms with Gasteiger partial charge in [0.25, 0.3) is 0 Å². The molecule has 0 aromatic carbocycles. The predicted molar refractivity (Wildman–Crippen MR) is 73.4 cm³/mol. The Bertz CT molecular complexity index is 430. The molecule has 2 aliphatic rings. The molecule has 0 bridgehead atoms. The number of ether oxygens (including phenoxy) is 1. The molecular weight excluding hydrogens is 265 g/mol. The SMILES string of the molecule is CC1(B2OC(C)(C)C(C)(C)O2)CC=CC=C1OC(F)F. The van der Waals surface area contributed by atoms with Crippen molar-refractivity contribution in [3.05, 3.63) is 24.0 Å². The van der Waals surface area contributed by atoms with Crippen LogP contribution in [0, 0.1) is 0 Å². The molecule has 0 spiro atoms. The van der Waals surface area contributed by atoms with Crippen LogP contribution < -0.4 is 0 Å². The van der Waals surface area contributed by atoms with Gasteiger partial charge in [-0.1, -0.05) is 19.1 Å². The zero-order valence-corrected chi connectivity index (χ0v) is 12.6. The molecule has 1 aliphatic heterocycles. The van der Waals surface area contributed by atoms with Crippen molar-refractivity contribution in [3.8, 4) is 0 Å². The summed E-state index contributed by atoms with van der Waals surface area (Å²) < 4.78 is 41.8. The van der Waals surface area contributed by atoms with Gasteiger partial charge in [-0.05, 0) is 40.2 Å². The number of rotatable bonds is 3. The number of alkyl halides is 2. The van der Waals surface area contributed by atoms with Crippen molar-refractivity contribution in [2.75, 3.05) is 0 Å². The second-order valence-electron chi connectivity index (χ2n) is 6.55. The zero-order valence-electron chi connectivity index (χ0n) is 12.6. The molecule has 20 heavy (non-hydrogen) atoms. The predicted octanol–water partition coefficient (Wildman–Crippen LogP) is 3.92. The lowest BCUT2D eigenvalue weighted by Crippen LogP contribution is -2.41. The third kappa shape index (κ3) is 2.51. The van der Waals surface area contributed by atoms with Crippen LogP contribution in [0.4, 0.5) is 8.78 Å². The van der Waals surface area contributed by atoms with E-state index in [1.54, 1.807) is 12.2 Å². The maximum atomic E-state index is 12.6. The van der Waals surface area contributed by atoms with E-state index in [2.05, 4.69) is 4.74 Å². The summed E-state index contributed by atoms with van der Waals surface area (Å²) in [5.41, 5.74) is -1.00. The van der Waals surface area contributed by atoms with E-state index in [-0.39, 0.29) is 5.76 Å². The fraction of sp³-hybridized carbons (Fsp3) is 0.714. The third-order valence-corrected chi connectivity index (χ3v) is 4.48. The zero-order chi connectivity index (χ0) is 15.2. The molecule has 0 saturated carbocycles. The van der Waals surface area contributed by atoms with Crippen molar-refractivity contribution in [3.63, 3.8) is 0 Å². The van der Waals surface area contributed by atoms with E-state index in [1.807, 2.05) is 40.7 Å². The van der Waals surface area contributed by atoms with Crippen LogP contribution in [-0.4, -0.2) is 24.9 Å². The van der Waals surface area contributed by atoms with Gasteiger partial charge in [-0.25, -0.2) is 0 Å². The molecule has 1 saturated heterocycles. The monoisotopic (exact) mass is 286 g/mol. The molecule has 0 aromatic heterocycles. The molecule has 1 fully saturated rings. The molecule has 6 heteroatoms. The summed E-state index contributed by atoms with van der Waals surface area (Å²) in [6, 6.07) is 0. The van der Waals surface area contributed by atoms with Gasteiger partial charge >= 0.3 is 13.7 Å². The van der Waals surface area contributed by atoms with Gasteiger partial charge < -0.3 is 14.0 Å². The molecule has 0 N–H and O–H groups in total. The van der Waals surface area contributed by atoms with Gasteiger partial charge in [0.15, 0.2) is 0 Å². The number of hydrogen-bond donors (Lipinski definition) is 0. The van der Waals surface area contributed by atoms with Gasteiger partial charge in [-0.3, -0.25) is 0 Å². The fourth-order valence-electron chi connectivity index (χ4n) is 2.34. The molecule has 2 rings (SSSR count). The molecular formula is C14H21BF2O3. The number of allylic oxidation sites excluding steroid dienone is 4. The van der Waals surface area contributed by atoms with Gasteiger partial charge in [0, 0.05) is 0 Å². The highest BCUT2D eigenvalue weighted by molar-refractivity contribution is 6.50. The maximum Gasteiger partial charge on any atom is 0.472 e. The Morgan fingerprint density at radius 2 is 1.70 bits per heavy atom. The van der Waals surface area contributed by atoms with Crippen LogP contribution in [0.5, 0.6) is 0 Å². The van der Waals surface area contributed by atoms with Crippen molar-refractivity contribution in [1.82, 2.24) is 0 Å². The van der Waals surface area contributed by atoms with Crippen molar-refractivity contribution in [2.24, 2.45) is 0 Å². The van der Waals surface area contributed by atoms with E-state index in [9.17, 15) is 8.78 Å². The van der Waals surface area contributed by atoms with Crippen LogP contribution in [0.15, 0.2) is 24.0 Å². The van der Waals surface area contributed by atoms with Gasteiger partial charge in [-0.2, -0.15) is 8.78 Å². The largest absolute Gasteiger partial charge is 0.472 e. The van der Waals surface area contributed by atoms with E-state index in [4.69, 9.17) is 9.31 Å². The Morgan fingerprint density at radius 1 is 1.15 bits per heavy atom. The van der Waals surface area contributed by atoms with E-state index < -0.39 is 30.2 Å². The number of hydrogen-bond acceptors (Lipinski definition) is 3. The maximum absolute atomic E-state index is 12.6. The lowest BCUT2D eigenvalue weighted by atomic mass is 9.54. The third-order valence-electron chi connectivity index (χ3n) is 4.48. The first-order valence-electron chi connectivity index (χ1n) is 6.76. The molecule has 1 aliphatic carbocycles. The molecule has 1 atom stereocenters. The van der Waals surface area contributed by atoms with E-state index in [0.29, 0.717) is 6.42 Å². The lowest BCUT2D eigenvalue weighted by molar-refractivity contribution is -0.104. The van der Waals surface area contributed by atoms with Crippen LogP contribution >= 0.6 is 0 Å². The summed E-state index contributed by atoms with van der Waals surface area (Å²) in [6.45, 7) is 6.72. The average Bonchev–Trinajstić information content (AvgIpc) is 2.51. The highest BCUT2D eigenvalue weighted by Crippen LogP contribution is 2.52. The van der Waals surface area contributed by atoms with E-state index in [1.165, 1.54) is 0 Å². The van der Waals surface area contributed by atoms with Crippen molar-refractivity contribution in [1.29, 1.82) is 0 Å². The van der Waals surface area contributed by atoms with Crippen LogP contribution in [0.25, 0.3) is 0 Å². The van der Waals surface area contributed by atoms with Gasteiger partial charge in [0.05, 0.1) is 16.5 Å². The Balaban J connectivity index is 2.27. The van der Waals surface area contributed by atoms with E-state index >= 15 is 0 Å². The van der Waals surface area contributed by atoms with E-state index in [0.717, 1.165) is 0 Å². The average molecular weight is 286 g/mol. The van der Waals surface area contributed by atoms with Crippen LogP contribution in [0.3, 0.4) is 0 Å². The summed E-state index contributed by atoms with van der Waals surface area (Å²) in [5, 5.41) is -0.754. The molecule has 3 nitrogen and oxygen atoms in total. The molecule has 0 amide bonds. The first-order chi connectivity index (χ1) is 9.08. The summed E-state index contributed by atoms with van der Waals surface area (Å²) >= 11 is 0. The summed E-state index contributed by atoms with van der Waals surface area (Å²) in [6.07, 6.45) is 5.71. The highest BCUT2D eigenvalue weighted by Gasteiger charge is 2.59. The molecule has 0 aromatic rings. The summed E-state index contributed by atoms with van der Waals surface area (Å²) in [5.74, 6) is 0.202. The minimum atomic E-state index is -2.85. The highest BCUT2D eigenvalue weighted by atomic mass is 19.3. The van der Waals surface area contributed by atoms with Crippen LogP contribution in [0.2, 0.25) is 5.31 Å². The van der Waals surface area contributed by atoms with Crippen molar-refractivity contribution < 1.29 is 22.8 Å². The molecule has 0 radical (unpaired) electrons. The van der Waals surface area contributed by atoms with Gasteiger partial charge in [0.1, 0.15) is 5.76 Å². The Hall–Kier alpha value is -0.875. The Labute approximate surface area is 119 Å². The van der Waals surface area contributed by atoms with Gasteiger partial charge in [-0.15, -0.1) is 0 Å².